The van der Waals surface area contributed by atoms with Crippen molar-refractivity contribution in [3.63, 3.8) is 0 Å². The molecule has 0 spiro atoms. The molecule has 3 rings (SSSR count). The van der Waals surface area contributed by atoms with E-state index in [1.165, 1.54) is 0 Å². The fourth-order valence-electron chi connectivity index (χ4n) is 2.04. The van der Waals surface area contributed by atoms with Gasteiger partial charge in [-0.15, -0.1) is 0 Å². The largest absolute Gasteiger partial charge is 0.216 e. The molecule has 3 aromatic rings. The van der Waals surface area contributed by atoms with Crippen LogP contribution in [0, 0.1) is 13.8 Å². The summed E-state index contributed by atoms with van der Waals surface area (Å²) < 4.78 is 1.64. The van der Waals surface area contributed by atoms with Crippen molar-refractivity contribution in [2.24, 2.45) is 0 Å². The van der Waals surface area contributed by atoms with Crippen molar-refractivity contribution in [3.8, 4) is 11.1 Å². The number of aryl methyl sites for hydroxylation is 2. The molecular formula is C14H11Cl2N3. The number of benzene rings is 1. The summed E-state index contributed by atoms with van der Waals surface area (Å²) in [5.74, 6) is 0. The van der Waals surface area contributed by atoms with Gasteiger partial charge in [-0.25, -0.2) is 9.50 Å². The van der Waals surface area contributed by atoms with Crippen LogP contribution in [0.2, 0.25) is 10.3 Å². The van der Waals surface area contributed by atoms with Crippen LogP contribution in [0.15, 0.2) is 30.3 Å². The Kier molecular flexibility index (Phi) is 2.96. The number of nitrogens with zero attached hydrogens (tertiary/aromatic N) is 3. The van der Waals surface area contributed by atoms with Gasteiger partial charge < -0.3 is 0 Å². The molecule has 2 aromatic heterocycles. The fraction of sp³-hybridized carbons (Fsp3) is 0.143. The first-order valence-corrected chi connectivity index (χ1v) is 6.61. The van der Waals surface area contributed by atoms with Crippen molar-refractivity contribution < 1.29 is 0 Å². The van der Waals surface area contributed by atoms with Crippen LogP contribution in [0.3, 0.4) is 0 Å². The summed E-state index contributed by atoms with van der Waals surface area (Å²) in [6.45, 7) is 3.88. The summed E-state index contributed by atoms with van der Waals surface area (Å²) >= 11 is 12.7. The summed E-state index contributed by atoms with van der Waals surface area (Å²) in [4.78, 5) is 4.41. The van der Waals surface area contributed by atoms with Crippen LogP contribution in [0.25, 0.3) is 16.8 Å². The van der Waals surface area contributed by atoms with Crippen LogP contribution in [0.1, 0.15) is 11.3 Å². The standard InChI is InChI=1S/C14H11Cl2N3/c1-8-9(2)18-19-13(16)11(12(15)17-14(8)19)10-6-4-3-5-7-10/h3-7H,1-2H3. The summed E-state index contributed by atoms with van der Waals surface area (Å²) in [7, 11) is 0. The van der Waals surface area contributed by atoms with E-state index in [0.717, 1.165) is 16.8 Å². The quantitative estimate of drug-likeness (QED) is 0.625. The molecule has 0 amide bonds. The minimum Gasteiger partial charge on any atom is -0.216 e. The molecule has 0 saturated heterocycles. The van der Waals surface area contributed by atoms with E-state index in [9.17, 15) is 0 Å². The zero-order valence-electron chi connectivity index (χ0n) is 10.5. The number of fused-ring (bicyclic) bond motifs is 1. The van der Waals surface area contributed by atoms with Gasteiger partial charge in [-0.3, -0.25) is 0 Å². The monoisotopic (exact) mass is 291 g/mol. The van der Waals surface area contributed by atoms with Crippen molar-refractivity contribution >= 4 is 28.8 Å². The van der Waals surface area contributed by atoms with Crippen molar-refractivity contribution in [1.82, 2.24) is 14.6 Å². The lowest BCUT2D eigenvalue weighted by molar-refractivity contribution is 0.919. The van der Waals surface area contributed by atoms with Gasteiger partial charge in [0.25, 0.3) is 0 Å². The van der Waals surface area contributed by atoms with Crippen LogP contribution in [0.5, 0.6) is 0 Å². The van der Waals surface area contributed by atoms with Crippen LogP contribution in [-0.2, 0) is 0 Å². The Balaban J connectivity index is 2.38. The smallest absolute Gasteiger partial charge is 0.161 e. The Morgan fingerprint density at radius 1 is 1.05 bits per heavy atom. The zero-order valence-corrected chi connectivity index (χ0v) is 12.0. The average Bonchev–Trinajstić information content (AvgIpc) is 2.68. The van der Waals surface area contributed by atoms with Crippen LogP contribution >= 0.6 is 23.2 Å². The van der Waals surface area contributed by atoms with Crippen molar-refractivity contribution in [3.05, 3.63) is 51.9 Å². The second-order valence-corrected chi connectivity index (χ2v) is 5.10. The minimum atomic E-state index is 0.395. The van der Waals surface area contributed by atoms with E-state index < -0.39 is 0 Å². The number of halogens is 2. The van der Waals surface area contributed by atoms with Gasteiger partial charge in [-0.2, -0.15) is 5.10 Å². The van der Waals surface area contributed by atoms with Gasteiger partial charge in [-0.05, 0) is 19.4 Å². The third-order valence-corrected chi connectivity index (χ3v) is 3.82. The number of hydrogen-bond acceptors (Lipinski definition) is 2. The van der Waals surface area contributed by atoms with Gasteiger partial charge in [0.2, 0.25) is 0 Å². The lowest BCUT2D eigenvalue weighted by atomic mass is 10.1. The second kappa shape index (κ2) is 4.51. The Hall–Kier alpha value is -1.58. The predicted octanol–water partition coefficient (Wildman–Crippen LogP) is 4.32. The maximum Gasteiger partial charge on any atom is 0.161 e. The molecule has 19 heavy (non-hydrogen) atoms. The highest BCUT2D eigenvalue weighted by Crippen LogP contribution is 2.34. The average molecular weight is 292 g/mol. The molecule has 0 aliphatic heterocycles. The maximum atomic E-state index is 6.44. The van der Waals surface area contributed by atoms with E-state index in [2.05, 4.69) is 10.1 Å². The first kappa shape index (κ1) is 12.5. The lowest BCUT2D eigenvalue weighted by Gasteiger charge is -2.08. The van der Waals surface area contributed by atoms with E-state index in [1.54, 1.807) is 4.52 Å². The molecule has 0 aliphatic rings. The topological polar surface area (TPSA) is 30.2 Å². The van der Waals surface area contributed by atoms with Gasteiger partial charge in [0.1, 0.15) is 10.3 Å². The fourth-order valence-corrected chi connectivity index (χ4v) is 2.69. The molecule has 0 bridgehead atoms. The van der Waals surface area contributed by atoms with Gasteiger partial charge in [0, 0.05) is 5.56 Å². The van der Waals surface area contributed by atoms with Crippen molar-refractivity contribution in [1.29, 1.82) is 0 Å². The lowest BCUT2D eigenvalue weighted by Crippen LogP contribution is -1.97. The normalized spacial score (nSPS) is 11.2. The molecule has 5 heteroatoms. The first-order chi connectivity index (χ1) is 9.09. The highest BCUT2D eigenvalue weighted by molar-refractivity contribution is 6.38. The first-order valence-electron chi connectivity index (χ1n) is 5.86. The number of aromatic nitrogens is 3. The molecule has 2 heterocycles. The van der Waals surface area contributed by atoms with E-state index >= 15 is 0 Å². The van der Waals surface area contributed by atoms with Gasteiger partial charge in [0.15, 0.2) is 5.65 Å². The highest BCUT2D eigenvalue weighted by atomic mass is 35.5. The Morgan fingerprint density at radius 3 is 2.42 bits per heavy atom. The third kappa shape index (κ3) is 1.90. The second-order valence-electron chi connectivity index (χ2n) is 4.38. The Bertz CT molecular complexity index is 763. The van der Waals surface area contributed by atoms with Gasteiger partial charge >= 0.3 is 0 Å². The Morgan fingerprint density at radius 2 is 1.74 bits per heavy atom. The maximum absolute atomic E-state index is 6.44. The number of rotatable bonds is 1. The van der Waals surface area contributed by atoms with Crippen LogP contribution in [0.4, 0.5) is 0 Å². The molecule has 96 valence electrons. The summed E-state index contributed by atoms with van der Waals surface area (Å²) in [6, 6.07) is 9.71. The van der Waals surface area contributed by atoms with E-state index in [1.807, 2.05) is 44.2 Å². The summed E-state index contributed by atoms with van der Waals surface area (Å²) in [5, 5.41) is 5.28. The van der Waals surface area contributed by atoms with Crippen LogP contribution in [-0.4, -0.2) is 14.6 Å². The molecule has 0 aliphatic carbocycles. The third-order valence-electron chi connectivity index (χ3n) is 3.19. The van der Waals surface area contributed by atoms with E-state index in [0.29, 0.717) is 21.5 Å². The summed E-state index contributed by atoms with van der Waals surface area (Å²) in [6.07, 6.45) is 0. The molecule has 0 atom stereocenters. The highest BCUT2D eigenvalue weighted by Gasteiger charge is 2.17. The molecule has 0 N–H and O–H groups in total. The van der Waals surface area contributed by atoms with Crippen molar-refractivity contribution in [2.75, 3.05) is 0 Å². The molecular weight excluding hydrogens is 281 g/mol. The zero-order chi connectivity index (χ0) is 13.6. The minimum absolute atomic E-state index is 0.395. The van der Waals surface area contributed by atoms with Gasteiger partial charge in [0.05, 0.1) is 11.3 Å². The molecule has 3 nitrogen and oxygen atoms in total. The number of hydrogen-bond donors (Lipinski definition) is 0. The molecule has 1 aromatic carbocycles. The van der Waals surface area contributed by atoms with Crippen molar-refractivity contribution in [2.45, 2.75) is 13.8 Å². The predicted molar refractivity (Wildman–Crippen MR) is 77.9 cm³/mol. The molecule has 0 fully saturated rings. The van der Waals surface area contributed by atoms with Gasteiger partial charge in [-0.1, -0.05) is 53.5 Å². The SMILES string of the molecule is Cc1nn2c(Cl)c(-c3ccccc3)c(Cl)nc2c1C. The van der Waals surface area contributed by atoms with E-state index in [-0.39, 0.29) is 0 Å². The van der Waals surface area contributed by atoms with E-state index in [4.69, 9.17) is 23.2 Å². The Labute approximate surface area is 120 Å². The summed E-state index contributed by atoms with van der Waals surface area (Å²) in [5.41, 5.74) is 4.22. The molecule has 0 radical (unpaired) electrons. The molecule has 0 unspecified atom stereocenters. The molecule has 0 saturated carbocycles. The van der Waals surface area contributed by atoms with Crippen LogP contribution < -0.4 is 0 Å².